The number of hydrogen-bond acceptors (Lipinski definition) is 4. The molecule has 4 nitrogen and oxygen atoms in total. The van der Waals surface area contributed by atoms with Gasteiger partial charge in [-0.1, -0.05) is 12.1 Å². The lowest BCUT2D eigenvalue weighted by atomic mass is 10.1. The molecule has 20 heavy (non-hydrogen) atoms. The molecule has 0 unspecified atom stereocenters. The van der Waals surface area contributed by atoms with Crippen molar-refractivity contribution in [2.75, 3.05) is 18.0 Å². The average molecular weight is 328 g/mol. The van der Waals surface area contributed by atoms with Crippen molar-refractivity contribution in [2.45, 2.75) is 24.3 Å². The first kappa shape index (κ1) is 17.1. The highest BCUT2D eigenvalue weighted by Gasteiger charge is 2.28. The highest BCUT2D eigenvalue weighted by atomic mass is 32.2. The topological polar surface area (TPSA) is 72.2 Å². The summed E-state index contributed by atoms with van der Waals surface area (Å²) in [5.74, 6) is -0.395. The van der Waals surface area contributed by atoms with Crippen LogP contribution in [0.5, 0.6) is 0 Å². The first-order chi connectivity index (χ1) is 9.04. The zero-order valence-electron chi connectivity index (χ0n) is 10.9. The lowest BCUT2D eigenvalue weighted by Gasteiger charge is -2.13. The van der Waals surface area contributed by atoms with E-state index < -0.39 is 21.3 Å². The molecule has 0 heterocycles. The van der Waals surface area contributed by atoms with E-state index in [1.165, 1.54) is 0 Å². The molecule has 0 amide bonds. The van der Waals surface area contributed by atoms with Crippen molar-refractivity contribution in [1.82, 2.24) is 4.72 Å². The molecule has 114 valence electrons. The van der Waals surface area contributed by atoms with Gasteiger partial charge >= 0.3 is 5.51 Å². The Labute approximate surface area is 120 Å². The third kappa shape index (κ3) is 4.57. The Balaban J connectivity index is 2.83. The molecule has 0 aromatic heterocycles. The normalized spacial score (nSPS) is 12.7. The Kier molecular flexibility index (Phi) is 5.33. The van der Waals surface area contributed by atoms with Crippen LogP contribution in [0.2, 0.25) is 0 Å². The average Bonchev–Trinajstić information content (AvgIpc) is 2.29. The van der Waals surface area contributed by atoms with Gasteiger partial charge in [0.05, 0.1) is 5.69 Å². The molecular formula is C11H15F3N2O2S2. The van der Waals surface area contributed by atoms with E-state index in [-0.39, 0.29) is 28.9 Å². The molecule has 0 saturated carbocycles. The van der Waals surface area contributed by atoms with Gasteiger partial charge in [-0.15, -0.1) is 0 Å². The monoisotopic (exact) mass is 328 g/mol. The second-order valence-corrected chi connectivity index (χ2v) is 7.00. The van der Waals surface area contributed by atoms with Crippen LogP contribution in [-0.2, 0) is 10.0 Å². The van der Waals surface area contributed by atoms with Gasteiger partial charge in [-0.2, -0.15) is 13.2 Å². The highest BCUT2D eigenvalue weighted by Crippen LogP contribution is 2.30. The highest BCUT2D eigenvalue weighted by molar-refractivity contribution is 8.00. The number of anilines is 1. The summed E-state index contributed by atoms with van der Waals surface area (Å²) in [6, 6.07) is 3.29. The minimum absolute atomic E-state index is 0.0745. The fourth-order valence-electron chi connectivity index (χ4n) is 1.58. The van der Waals surface area contributed by atoms with E-state index in [0.29, 0.717) is 11.1 Å². The fraction of sp³-hybridized carbons (Fsp3) is 0.455. The second-order valence-electron chi connectivity index (χ2n) is 4.13. The van der Waals surface area contributed by atoms with Gasteiger partial charge in [0.2, 0.25) is 10.0 Å². The van der Waals surface area contributed by atoms with Crippen LogP contribution in [0.25, 0.3) is 0 Å². The van der Waals surface area contributed by atoms with Gasteiger partial charge < -0.3 is 5.73 Å². The van der Waals surface area contributed by atoms with Crippen LogP contribution in [0.4, 0.5) is 18.9 Å². The van der Waals surface area contributed by atoms with Crippen molar-refractivity contribution >= 4 is 27.5 Å². The van der Waals surface area contributed by atoms with E-state index in [1.807, 2.05) is 0 Å². The number of halogens is 3. The van der Waals surface area contributed by atoms with Crippen LogP contribution < -0.4 is 10.5 Å². The Bertz CT molecular complexity index is 586. The molecule has 0 aliphatic heterocycles. The molecule has 1 rings (SSSR count). The molecule has 3 N–H and O–H groups in total. The molecule has 1 aromatic carbocycles. The van der Waals surface area contributed by atoms with Gasteiger partial charge in [0, 0.05) is 12.3 Å². The standard InChI is InChI=1S/C11H15F3N2O2S2/c1-7-3-4-8(2)10(9(7)15)20(17,18)16-5-6-19-11(12,13)14/h3-4,16H,5-6,15H2,1-2H3. The summed E-state index contributed by atoms with van der Waals surface area (Å²) >= 11 is -0.277. The largest absolute Gasteiger partial charge is 0.441 e. The van der Waals surface area contributed by atoms with Crippen molar-refractivity contribution in [3.05, 3.63) is 23.3 Å². The summed E-state index contributed by atoms with van der Waals surface area (Å²) in [5, 5.41) is 0. The summed E-state index contributed by atoms with van der Waals surface area (Å²) in [7, 11) is -3.92. The Hall–Kier alpha value is -0.930. The van der Waals surface area contributed by atoms with Gasteiger partial charge in [0.25, 0.3) is 0 Å². The van der Waals surface area contributed by atoms with Crippen LogP contribution in [0, 0.1) is 13.8 Å². The lowest BCUT2D eigenvalue weighted by molar-refractivity contribution is -0.0327. The SMILES string of the molecule is Cc1ccc(C)c(S(=O)(=O)NCCSC(F)(F)F)c1N. The molecule has 0 atom stereocenters. The van der Waals surface area contributed by atoms with Crippen LogP contribution in [0.1, 0.15) is 11.1 Å². The molecule has 9 heteroatoms. The molecule has 0 spiro atoms. The van der Waals surface area contributed by atoms with Crippen LogP contribution in [0.3, 0.4) is 0 Å². The number of alkyl halides is 3. The Morgan fingerprint density at radius 1 is 1.25 bits per heavy atom. The number of hydrogen-bond donors (Lipinski definition) is 2. The van der Waals surface area contributed by atoms with Crippen LogP contribution in [0.15, 0.2) is 17.0 Å². The van der Waals surface area contributed by atoms with E-state index in [4.69, 9.17) is 5.73 Å². The number of nitrogens with one attached hydrogen (secondary N) is 1. The maximum absolute atomic E-state index is 12.1. The van der Waals surface area contributed by atoms with E-state index in [1.54, 1.807) is 26.0 Å². The zero-order chi connectivity index (χ0) is 15.6. The Morgan fingerprint density at radius 2 is 1.80 bits per heavy atom. The summed E-state index contributed by atoms with van der Waals surface area (Å²) in [4.78, 5) is -0.0745. The summed E-state index contributed by atoms with van der Waals surface area (Å²) in [6.07, 6.45) is 0. The van der Waals surface area contributed by atoms with Crippen molar-refractivity contribution in [3.8, 4) is 0 Å². The number of nitrogens with two attached hydrogens (primary N) is 1. The number of aryl methyl sites for hydroxylation is 2. The zero-order valence-corrected chi connectivity index (χ0v) is 12.5. The van der Waals surface area contributed by atoms with Gasteiger partial charge in [0.1, 0.15) is 4.90 Å². The van der Waals surface area contributed by atoms with E-state index in [0.717, 1.165) is 0 Å². The minimum Gasteiger partial charge on any atom is -0.397 e. The van der Waals surface area contributed by atoms with Crippen molar-refractivity contribution < 1.29 is 21.6 Å². The third-order valence-corrected chi connectivity index (χ3v) is 4.94. The summed E-state index contributed by atoms with van der Waals surface area (Å²) < 4.78 is 62.1. The van der Waals surface area contributed by atoms with Gasteiger partial charge in [-0.3, -0.25) is 0 Å². The van der Waals surface area contributed by atoms with E-state index >= 15 is 0 Å². The first-order valence-corrected chi connectivity index (χ1v) is 8.07. The fourth-order valence-corrected chi connectivity index (χ4v) is 3.60. The molecule has 0 radical (unpaired) electrons. The van der Waals surface area contributed by atoms with Crippen molar-refractivity contribution in [3.63, 3.8) is 0 Å². The lowest BCUT2D eigenvalue weighted by Crippen LogP contribution is -2.28. The second kappa shape index (κ2) is 6.23. The summed E-state index contributed by atoms with van der Waals surface area (Å²) in [6.45, 7) is 2.92. The van der Waals surface area contributed by atoms with Gasteiger partial charge in [-0.25, -0.2) is 13.1 Å². The number of sulfonamides is 1. The number of nitrogen functional groups attached to an aromatic ring is 1. The van der Waals surface area contributed by atoms with Crippen molar-refractivity contribution in [1.29, 1.82) is 0 Å². The molecule has 0 fully saturated rings. The number of rotatable bonds is 5. The molecule has 0 saturated heterocycles. The first-order valence-electron chi connectivity index (χ1n) is 5.60. The molecule has 0 aliphatic rings. The molecule has 0 bridgehead atoms. The smallest absolute Gasteiger partial charge is 0.397 e. The Morgan fingerprint density at radius 3 is 2.35 bits per heavy atom. The van der Waals surface area contributed by atoms with Crippen molar-refractivity contribution in [2.24, 2.45) is 0 Å². The predicted molar refractivity (Wildman–Crippen MR) is 74.0 cm³/mol. The van der Waals surface area contributed by atoms with Gasteiger partial charge in [0.15, 0.2) is 0 Å². The van der Waals surface area contributed by atoms with Gasteiger partial charge in [-0.05, 0) is 36.7 Å². The van der Waals surface area contributed by atoms with Crippen LogP contribution in [-0.4, -0.2) is 26.2 Å². The summed E-state index contributed by atoms with van der Waals surface area (Å²) in [5.41, 5.74) is 2.53. The number of thioether (sulfide) groups is 1. The quantitative estimate of drug-likeness (QED) is 0.643. The van der Waals surface area contributed by atoms with Crippen LogP contribution >= 0.6 is 11.8 Å². The molecule has 0 aliphatic carbocycles. The maximum atomic E-state index is 12.1. The minimum atomic E-state index is -4.37. The third-order valence-electron chi connectivity index (χ3n) is 2.54. The molecule has 1 aromatic rings. The van der Waals surface area contributed by atoms with E-state index in [9.17, 15) is 21.6 Å². The number of benzene rings is 1. The predicted octanol–water partition coefficient (Wildman–Crippen LogP) is 2.42. The molecular weight excluding hydrogens is 313 g/mol. The van der Waals surface area contributed by atoms with E-state index in [2.05, 4.69) is 4.72 Å². The maximum Gasteiger partial charge on any atom is 0.441 e.